The largest absolute Gasteiger partial charge is 0.496 e. The van der Waals surface area contributed by atoms with Crippen molar-refractivity contribution in [3.63, 3.8) is 0 Å². The van der Waals surface area contributed by atoms with Crippen molar-refractivity contribution < 1.29 is 42.1 Å². The molecule has 2 aromatic rings. The Morgan fingerprint density at radius 3 is 2.21 bits per heavy atom. The van der Waals surface area contributed by atoms with Crippen LogP contribution in [0.3, 0.4) is 0 Å². The number of hydrogen-bond donors (Lipinski definition) is 2. The molecular formula is C26H32F3N3O6. The molecule has 1 aromatic heterocycles. The molecule has 1 aliphatic heterocycles. The lowest BCUT2D eigenvalue weighted by molar-refractivity contribution is -0.192. The van der Waals surface area contributed by atoms with Gasteiger partial charge >= 0.3 is 12.1 Å². The Morgan fingerprint density at radius 1 is 1.05 bits per heavy atom. The maximum atomic E-state index is 13.1. The van der Waals surface area contributed by atoms with Crippen LogP contribution < -0.4 is 19.9 Å². The number of carbonyl (C=O) groups is 2. The Kier molecular flexibility index (Phi) is 9.65. The zero-order chi connectivity index (χ0) is 27.9. The average Bonchev–Trinajstić information content (AvgIpc) is 2.87. The molecule has 0 bridgehead atoms. The molecule has 0 atom stereocenters. The van der Waals surface area contributed by atoms with Crippen LogP contribution in [0.5, 0.6) is 17.2 Å². The molecule has 38 heavy (non-hydrogen) atoms. The number of nitrogens with two attached hydrogens (primary N) is 1. The summed E-state index contributed by atoms with van der Waals surface area (Å²) in [5.74, 6) is 0.718. The Bertz CT molecular complexity index is 1120. The molecule has 0 spiro atoms. The molecule has 0 radical (unpaired) electrons. The number of aliphatic carboxylic acids is 1. The van der Waals surface area contributed by atoms with Gasteiger partial charge < -0.3 is 30.0 Å². The van der Waals surface area contributed by atoms with Gasteiger partial charge in [0, 0.05) is 36.5 Å². The fourth-order valence-electron chi connectivity index (χ4n) is 4.31. The third-order valence-corrected chi connectivity index (χ3v) is 6.71. The summed E-state index contributed by atoms with van der Waals surface area (Å²) in [6.07, 6.45) is 2.17. The van der Waals surface area contributed by atoms with Gasteiger partial charge in [-0.1, -0.05) is 6.42 Å². The number of hydrogen-bond acceptors (Lipinski definition) is 7. The van der Waals surface area contributed by atoms with Crippen molar-refractivity contribution in [1.29, 1.82) is 0 Å². The molecule has 3 N–H and O–H groups in total. The standard InChI is InChI=1S/C24H31N3O4.C2HF3O2/c1-29-21-13-23(25)26-14-19(21)17-8-10-27(11-9-17)24(28)18-6-7-20(22(12-18)30-2)31-15-16-4-3-5-16;3-2(4,5)1(6)7/h6-7,12-14,16-17H,3-5,8-11,15H2,1-2H3,(H2,25,26);(H,6,7). The minimum Gasteiger partial charge on any atom is -0.496 e. The maximum absolute atomic E-state index is 13.1. The van der Waals surface area contributed by atoms with E-state index in [0.717, 1.165) is 24.2 Å². The third kappa shape index (κ3) is 7.42. The molecule has 2 heterocycles. The van der Waals surface area contributed by atoms with Gasteiger partial charge in [-0.2, -0.15) is 13.2 Å². The number of alkyl halides is 3. The second-order valence-corrected chi connectivity index (χ2v) is 9.19. The second-order valence-electron chi connectivity index (χ2n) is 9.19. The van der Waals surface area contributed by atoms with E-state index in [4.69, 9.17) is 29.8 Å². The molecule has 1 aliphatic carbocycles. The minimum atomic E-state index is -5.08. The topological polar surface area (TPSA) is 124 Å². The number of ether oxygens (including phenoxy) is 3. The Hall–Kier alpha value is -3.70. The highest BCUT2D eigenvalue weighted by molar-refractivity contribution is 5.95. The summed E-state index contributed by atoms with van der Waals surface area (Å²) in [5, 5.41) is 7.12. The maximum Gasteiger partial charge on any atom is 0.490 e. The first-order chi connectivity index (χ1) is 18.0. The lowest BCUT2D eigenvalue weighted by atomic mass is 9.86. The van der Waals surface area contributed by atoms with Crippen LogP contribution in [-0.2, 0) is 4.79 Å². The highest BCUT2D eigenvalue weighted by Crippen LogP contribution is 2.36. The van der Waals surface area contributed by atoms with Crippen molar-refractivity contribution in [3.8, 4) is 17.2 Å². The molecule has 12 heteroatoms. The van der Waals surface area contributed by atoms with Gasteiger partial charge in [0.1, 0.15) is 11.6 Å². The summed E-state index contributed by atoms with van der Waals surface area (Å²) in [6, 6.07) is 7.23. The minimum absolute atomic E-state index is 0.0182. The number of nitrogens with zero attached hydrogens (tertiary/aromatic N) is 2. The Morgan fingerprint density at radius 2 is 1.68 bits per heavy atom. The van der Waals surface area contributed by atoms with Gasteiger partial charge in [-0.15, -0.1) is 0 Å². The lowest BCUT2D eigenvalue weighted by Crippen LogP contribution is -2.38. The van der Waals surface area contributed by atoms with Gasteiger partial charge in [-0.25, -0.2) is 9.78 Å². The highest BCUT2D eigenvalue weighted by Gasteiger charge is 2.38. The number of nitrogen functional groups attached to an aromatic ring is 1. The number of likely N-dealkylation sites (tertiary alicyclic amines) is 1. The van der Waals surface area contributed by atoms with Crippen molar-refractivity contribution in [2.75, 3.05) is 39.6 Å². The van der Waals surface area contributed by atoms with Crippen molar-refractivity contribution >= 4 is 17.7 Å². The zero-order valence-electron chi connectivity index (χ0n) is 21.3. The van der Waals surface area contributed by atoms with E-state index in [0.29, 0.717) is 54.4 Å². The molecule has 1 amide bonds. The monoisotopic (exact) mass is 539 g/mol. The number of amides is 1. The molecule has 1 aromatic carbocycles. The number of aromatic nitrogens is 1. The van der Waals surface area contributed by atoms with E-state index in [-0.39, 0.29) is 5.91 Å². The van der Waals surface area contributed by atoms with Gasteiger partial charge in [-0.05, 0) is 55.7 Å². The van der Waals surface area contributed by atoms with Gasteiger partial charge in [0.2, 0.25) is 0 Å². The number of methoxy groups -OCH3 is 2. The smallest absolute Gasteiger partial charge is 0.490 e. The number of anilines is 1. The van der Waals surface area contributed by atoms with E-state index in [2.05, 4.69) is 4.98 Å². The lowest BCUT2D eigenvalue weighted by Gasteiger charge is -2.32. The predicted molar refractivity (Wildman–Crippen MR) is 133 cm³/mol. The molecule has 2 fully saturated rings. The summed E-state index contributed by atoms with van der Waals surface area (Å²) >= 11 is 0. The third-order valence-electron chi connectivity index (χ3n) is 6.71. The van der Waals surface area contributed by atoms with Crippen LogP contribution in [0.2, 0.25) is 0 Å². The van der Waals surface area contributed by atoms with Gasteiger partial charge in [0.05, 0.1) is 20.8 Å². The number of carboxylic acids is 1. The molecular weight excluding hydrogens is 507 g/mol. The molecule has 1 saturated carbocycles. The van der Waals surface area contributed by atoms with E-state index in [1.165, 1.54) is 19.3 Å². The van der Waals surface area contributed by atoms with Crippen LogP contribution in [0.15, 0.2) is 30.5 Å². The van der Waals surface area contributed by atoms with Crippen LogP contribution in [-0.4, -0.2) is 67.0 Å². The molecule has 2 aliphatic rings. The van der Waals surface area contributed by atoms with E-state index in [1.54, 1.807) is 32.5 Å². The zero-order valence-corrected chi connectivity index (χ0v) is 21.3. The van der Waals surface area contributed by atoms with E-state index in [1.807, 2.05) is 17.0 Å². The van der Waals surface area contributed by atoms with Crippen LogP contribution in [0, 0.1) is 5.92 Å². The number of pyridine rings is 1. The number of benzene rings is 1. The number of carbonyl (C=O) groups excluding carboxylic acids is 1. The van der Waals surface area contributed by atoms with Gasteiger partial charge in [-0.3, -0.25) is 4.79 Å². The fourth-order valence-corrected chi connectivity index (χ4v) is 4.31. The normalized spacial score (nSPS) is 16.1. The van der Waals surface area contributed by atoms with Gasteiger partial charge in [0.15, 0.2) is 11.5 Å². The van der Waals surface area contributed by atoms with Crippen LogP contribution in [0.1, 0.15) is 53.9 Å². The van der Waals surface area contributed by atoms with E-state index < -0.39 is 12.1 Å². The SMILES string of the molecule is COc1cc(C(=O)N2CCC(c3cnc(N)cc3OC)CC2)ccc1OCC1CCC1.O=C(O)C(F)(F)F. The van der Waals surface area contributed by atoms with Crippen molar-refractivity contribution in [2.24, 2.45) is 5.92 Å². The summed E-state index contributed by atoms with van der Waals surface area (Å²) in [4.78, 5) is 28.1. The number of piperidine rings is 1. The number of halogens is 3. The molecule has 4 rings (SSSR count). The molecule has 208 valence electrons. The molecule has 0 unspecified atom stereocenters. The highest BCUT2D eigenvalue weighted by atomic mass is 19.4. The van der Waals surface area contributed by atoms with Crippen LogP contribution >= 0.6 is 0 Å². The summed E-state index contributed by atoms with van der Waals surface area (Å²) in [7, 11) is 3.25. The number of carboxylic acid groups (broad SMARTS) is 1. The van der Waals surface area contributed by atoms with Gasteiger partial charge in [0.25, 0.3) is 5.91 Å². The fraction of sp³-hybridized carbons (Fsp3) is 0.500. The van der Waals surface area contributed by atoms with Crippen LogP contribution in [0.4, 0.5) is 19.0 Å². The summed E-state index contributed by atoms with van der Waals surface area (Å²) in [6.45, 7) is 2.07. The first-order valence-corrected chi connectivity index (χ1v) is 12.2. The summed E-state index contributed by atoms with van der Waals surface area (Å²) in [5.41, 5.74) is 7.45. The Balaban J connectivity index is 0.000000505. The van der Waals surface area contributed by atoms with E-state index >= 15 is 0 Å². The summed E-state index contributed by atoms with van der Waals surface area (Å²) < 4.78 is 48.6. The first kappa shape index (κ1) is 28.9. The molecule has 1 saturated heterocycles. The van der Waals surface area contributed by atoms with Crippen molar-refractivity contribution in [2.45, 2.75) is 44.2 Å². The second kappa shape index (κ2) is 12.7. The van der Waals surface area contributed by atoms with E-state index in [9.17, 15) is 18.0 Å². The van der Waals surface area contributed by atoms with Crippen LogP contribution in [0.25, 0.3) is 0 Å². The quantitative estimate of drug-likeness (QED) is 0.527. The first-order valence-electron chi connectivity index (χ1n) is 12.2. The predicted octanol–water partition coefficient (Wildman–Crippen LogP) is 4.51. The van der Waals surface area contributed by atoms with Crippen molar-refractivity contribution in [1.82, 2.24) is 9.88 Å². The molecule has 9 nitrogen and oxygen atoms in total. The number of rotatable bonds is 7. The van der Waals surface area contributed by atoms with Crippen molar-refractivity contribution in [3.05, 3.63) is 41.6 Å². The average molecular weight is 540 g/mol. The Labute approximate surface area is 218 Å².